The molecule has 1 aromatic heterocycles. The fraction of sp³-hybridized carbons (Fsp3) is 0.368. The minimum Gasteiger partial charge on any atom is -0.383 e. The molecule has 0 saturated carbocycles. The molecule has 0 aliphatic rings. The number of hydrogen-bond acceptors (Lipinski definition) is 3. The van der Waals surface area contributed by atoms with Gasteiger partial charge in [-0.1, -0.05) is 25.1 Å². The van der Waals surface area contributed by atoms with Crippen molar-refractivity contribution in [2.45, 2.75) is 26.3 Å². The van der Waals surface area contributed by atoms with E-state index in [0.29, 0.717) is 18.3 Å². The molecule has 1 unspecified atom stereocenters. The smallest absolute Gasteiger partial charge is 0.174 e. The molecule has 2 rings (SSSR count). The number of aryl methyl sites for hydroxylation is 1. The van der Waals surface area contributed by atoms with Crippen molar-refractivity contribution in [2.24, 2.45) is 0 Å². The third kappa shape index (κ3) is 5.01. The number of anilines is 1. The molecule has 0 spiro atoms. The van der Waals surface area contributed by atoms with Crippen molar-refractivity contribution in [3.63, 3.8) is 0 Å². The van der Waals surface area contributed by atoms with Gasteiger partial charge in [0.05, 0.1) is 18.3 Å². The van der Waals surface area contributed by atoms with Crippen molar-refractivity contribution >= 4 is 23.0 Å². The number of rotatable bonds is 7. The van der Waals surface area contributed by atoms with Gasteiger partial charge in [0, 0.05) is 25.5 Å². The summed E-state index contributed by atoms with van der Waals surface area (Å²) in [6.07, 6.45) is 2.81. The zero-order valence-corrected chi connectivity index (χ0v) is 15.3. The molecule has 128 valence electrons. The van der Waals surface area contributed by atoms with E-state index in [1.807, 2.05) is 36.5 Å². The second-order valence-corrected chi connectivity index (χ2v) is 5.99. The molecule has 1 N–H and O–H groups in total. The average molecular weight is 343 g/mol. The number of aromatic nitrogens is 1. The van der Waals surface area contributed by atoms with E-state index < -0.39 is 0 Å². The number of hydrogen-bond donors (Lipinski definition) is 1. The van der Waals surface area contributed by atoms with E-state index >= 15 is 0 Å². The lowest BCUT2D eigenvalue weighted by atomic mass is 10.1. The van der Waals surface area contributed by atoms with Crippen LogP contribution < -0.4 is 5.32 Å². The molecule has 0 aliphatic heterocycles. The maximum Gasteiger partial charge on any atom is 0.174 e. The van der Waals surface area contributed by atoms with Crippen LogP contribution in [0.2, 0.25) is 0 Å². The minimum absolute atomic E-state index is 0.0655. The quantitative estimate of drug-likeness (QED) is 0.768. The van der Waals surface area contributed by atoms with Crippen molar-refractivity contribution in [2.75, 3.05) is 25.6 Å². The van der Waals surface area contributed by atoms with Gasteiger partial charge in [-0.25, -0.2) is 0 Å². The van der Waals surface area contributed by atoms with Gasteiger partial charge in [-0.3, -0.25) is 4.98 Å². The average Bonchev–Trinajstić information content (AvgIpc) is 2.62. The van der Waals surface area contributed by atoms with Crippen molar-refractivity contribution in [1.82, 2.24) is 9.88 Å². The van der Waals surface area contributed by atoms with E-state index in [4.69, 9.17) is 17.0 Å². The summed E-state index contributed by atoms with van der Waals surface area (Å²) >= 11 is 5.66. The summed E-state index contributed by atoms with van der Waals surface area (Å²) in [6, 6.07) is 14.3. The summed E-state index contributed by atoms with van der Waals surface area (Å²) in [4.78, 5) is 6.57. The zero-order chi connectivity index (χ0) is 17.4. The molecule has 1 heterocycles. The minimum atomic E-state index is 0.0655. The first-order chi connectivity index (χ1) is 11.7. The molecule has 2 aromatic rings. The van der Waals surface area contributed by atoms with Crippen molar-refractivity contribution in [3.05, 3.63) is 59.9 Å². The Labute approximate surface area is 149 Å². The maximum absolute atomic E-state index is 5.66. The Balaban J connectivity index is 2.15. The number of methoxy groups -OCH3 is 1. The van der Waals surface area contributed by atoms with E-state index in [-0.39, 0.29) is 6.04 Å². The van der Waals surface area contributed by atoms with Crippen LogP contribution in [0.3, 0.4) is 0 Å². The summed E-state index contributed by atoms with van der Waals surface area (Å²) in [7, 11) is 1.70. The predicted octanol–water partition coefficient (Wildman–Crippen LogP) is 4.05. The highest BCUT2D eigenvalue weighted by atomic mass is 32.1. The van der Waals surface area contributed by atoms with Crippen LogP contribution in [-0.2, 0) is 11.2 Å². The summed E-state index contributed by atoms with van der Waals surface area (Å²) in [5.74, 6) is 0. The van der Waals surface area contributed by atoms with Gasteiger partial charge in [0.1, 0.15) is 0 Å². The van der Waals surface area contributed by atoms with Crippen molar-refractivity contribution in [3.8, 4) is 0 Å². The highest BCUT2D eigenvalue weighted by Crippen LogP contribution is 2.20. The molecule has 5 heteroatoms. The Morgan fingerprint density at radius 3 is 2.79 bits per heavy atom. The summed E-state index contributed by atoms with van der Waals surface area (Å²) in [5, 5.41) is 4.03. The molecule has 1 aromatic carbocycles. The predicted molar refractivity (Wildman–Crippen MR) is 103 cm³/mol. The van der Waals surface area contributed by atoms with E-state index in [0.717, 1.165) is 17.8 Å². The van der Waals surface area contributed by atoms with Crippen LogP contribution in [-0.4, -0.2) is 35.3 Å². The number of pyridine rings is 1. The fourth-order valence-corrected chi connectivity index (χ4v) is 2.88. The van der Waals surface area contributed by atoms with Gasteiger partial charge in [-0.15, -0.1) is 0 Å². The monoisotopic (exact) mass is 343 g/mol. The number of nitrogens with one attached hydrogen (secondary N) is 1. The van der Waals surface area contributed by atoms with Crippen LogP contribution in [0.15, 0.2) is 48.7 Å². The third-order valence-corrected chi connectivity index (χ3v) is 4.30. The fourth-order valence-electron chi connectivity index (χ4n) is 2.51. The van der Waals surface area contributed by atoms with E-state index in [1.165, 1.54) is 5.56 Å². The SMILES string of the molecule is CCc1cccc(NC(=S)N(CCOC)C(C)c2ccccn2)c1. The van der Waals surface area contributed by atoms with Crippen LogP contribution in [0, 0.1) is 0 Å². The van der Waals surface area contributed by atoms with Crippen LogP contribution in [0.4, 0.5) is 5.69 Å². The standard InChI is InChI=1S/C19H25N3OS/c1-4-16-8-7-9-17(14-16)21-19(24)22(12-13-23-3)15(2)18-10-5-6-11-20-18/h5-11,14-15H,4,12-13H2,1-3H3,(H,21,24). The van der Waals surface area contributed by atoms with E-state index in [2.05, 4.69) is 41.2 Å². The Bertz CT molecular complexity index is 648. The molecule has 0 aliphatic carbocycles. The molecule has 24 heavy (non-hydrogen) atoms. The van der Waals surface area contributed by atoms with Crippen LogP contribution in [0.5, 0.6) is 0 Å². The Morgan fingerprint density at radius 2 is 2.12 bits per heavy atom. The topological polar surface area (TPSA) is 37.4 Å². The number of ether oxygens (including phenoxy) is 1. The zero-order valence-electron chi connectivity index (χ0n) is 14.5. The second-order valence-electron chi connectivity index (χ2n) is 5.60. The Morgan fingerprint density at radius 1 is 1.29 bits per heavy atom. The normalized spacial score (nSPS) is 11.8. The second kappa shape index (κ2) is 9.35. The molecule has 0 radical (unpaired) electrons. The molecule has 0 bridgehead atoms. The van der Waals surface area contributed by atoms with Gasteiger partial charge in [0.2, 0.25) is 0 Å². The number of nitrogens with zero attached hydrogens (tertiary/aromatic N) is 2. The maximum atomic E-state index is 5.66. The molecule has 1 atom stereocenters. The van der Waals surface area contributed by atoms with Crippen LogP contribution in [0.1, 0.15) is 31.1 Å². The van der Waals surface area contributed by atoms with E-state index in [1.54, 1.807) is 7.11 Å². The molecule has 4 nitrogen and oxygen atoms in total. The van der Waals surface area contributed by atoms with Crippen LogP contribution >= 0.6 is 12.2 Å². The van der Waals surface area contributed by atoms with Gasteiger partial charge in [0.25, 0.3) is 0 Å². The van der Waals surface area contributed by atoms with Gasteiger partial charge >= 0.3 is 0 Å². The molecule has 0 amide bonds. The first kappa shape index (κ1) is 18.4. The Kier molecular flexibility index (Phi) is 7.15. The van der Waals surface area contributed by atoms with Crippen molar-refractivity contribution in [1.29, 1.82) is 0 Å². The molecule has 0 fully saturated rings. The number of thiocarbonyl (C=S) groups is 1. The first-order valence-electron chi connectivity index (χ1n) is 8.22. The summed E-state index contributed by atoms with van der Waals surface area (Å²) < 4.78 is 5.25. The first-order valence-corrected chi connectivity index (χ1v) is 8.63. The van der Waals surface area contributed by atoms with E-state index in [9.17, 15) is 0 Å². The molecule has 0 saturated heterocycles. The van der Waals surface area contributed by atoms with Crippen LogP contribution in [0.25, 0.3) is 0 Å². The lowest BCUT2D eigenvalue weighted by Crippen LogP contribution is -2.39. The molecular formula is C19H25N3OS. The lowest BCUT2D eigenvalue weighted by Gasteiger charge is -2.31. The van der Waals surface area contributed by atoms with Gasteiger partial charge in [-0.2, -0.15) is 0 Å². The van der Waals surface area contributed by atoms with Gasteiger partial charge < -0.3 is 15.0 Å². The summed E-state index contributed by atoms with van der Waals surface area (Å²) in [5.41, 5.74) is 3.28. The Hall–Kier alpha value is -1.98. The number of benzene rings is 1. The largest absolute Gasteiger partial charge is 0.383 e. The van der Waals surface area contributed by atoms with Crippen molar-refractivity contribution < 1.29 is 4.74 Å². The highest BCUT2D eigenvalue weighted by molar-refractivity contribution is 7.80. The van der Waals surface area contributed by atoms with Gasteiger partial charge in [0.15, 0.2) is 5.11 Å². The summed E-state index contributed by atoms with van der Waals surface area (Å²) in [6.45, 7) is 5.56. The third-order valence-electron chi connectivity index (χ3n) is 3.97. The van der Waals surface area contributed by atoms with Gasteiger partial charge in [-0.05, 0) is 55.4 Å². The molecular weight excluding hydrogens is 318 g/mol. The lowest BCUT2D eigenvalue weighted by molar-refractivity contribution is 0.164. The highest BCUT2D eigenvalue weighted by Gasteiger charge is 2.19.